The van der Waals surface area contributed by atoms with Crippen molar-refractivity contribution in [1.82, 2.24) is 20.4 Å². The van der Waals surface area contributed by atoms with E-state index in [1.807, 2.05) is 0 Å². The van der Waals surface area contributed by atoms with Crippen LogP contribution in [-0.2, 0) is 17.9 Å². The van der Waals surface area contributed by atoms with E-state index in [1.165, 1.54) is 23.0 Å². The Morgan fingerprint density at radius 1 is 1.09 bits per heavy atom. The zero-order valence-electron chi connectivity index (χ0n) is 18.8. The summed E-state index contributed by atoms with van der Waals surface area (Å²) in [7, 11) is 2.96. The highest BCUT2D eigenvalue weighted by molar-refractivity contribution is 6.10. The molecule has 10 nitrogen and oxygen atoms in total. The molecule has 1 fully saturated rings. The molecule has 3 heterocycles. The number of rotatable bonds is 3. The number of hydrogen-bond donors (Lipinski definition) is 3. The third-order valence-electron chi connectivity index (χ3n) is 6.17. The van der Waals surface area contributed by atoms with Crippen molar-refractivity contribution >= 4 is 29.6 Å². The SMILES string of the molecule is COc1ccc2c(c1F)C(=O)N(C[C@@]1(C#Cc3ccc4c(c3)CN(C)C(=O)N4)NC(=O)NC1=O)C2. The Hall–Kier alpha value is -4.59. The number of nitrogens with one attached hydrogen (secondary N) is 3. The van der Waals surface area contributed by atoms with E-state index in [2.05, 4.69) is 27.8 Å². The van der Waals surface area contributed by atoms with E-state index in [9.17, 15) is 23.6 Å². The second-order valence-electron chi connectivity index (χ2n) is 8.50. The van der Waals surface area contributed by atoms with Gasteiger partial charge >= 0.3 is 12.1 Å². The van der Waals surface area contributed by atoms with Crippen molar-refractivity contribution in [3.8, 4) is 17.6 Å². The molecule has 0 aliphatic carbocycles. The van der Waals surface area contributed by atoms with Crippen molar-refractivity contribution in [2.45, 2.75) is 18.6 Å². The third kappa shape index (κ3) is 3.69. The van der Waals surface area contributed by atoms with E-state index >= 15 is 0 Å². The highest BCUT2D eigenvalue weighted by atomic mass is 19.1. The van der Waals surface area contributed by atoms with Crippen molar-refractivity contribution in [3.63, 3.8) is 0 Å². The number of nitrogens with zero attached hydrogens (tertiary/aromatic N) is 2. The maximum absolute atomic E-state index is 14.7. The number of fused-ring (bicyclic) bond motifs is 2. The molecule has 0 saturated carbocycles. The Morgan fingerprint density at radius 2 is 1.89 bits per heavy atom. The lowest BCUT2D eigenvalue weighted by atomic mass is 9.98. The summed E-state index contributed by atoms with van der Waals surface area (Å²) in [4.78, 5) is 52.4. The van der Waals surface area contributed by atoms with E-state index in [4.69, 9.17) is 4.74 Å². The van der Waals surface area contributed by atoms with Gasteiger partial charge in [0.15, 0.2) is 11.6 Å². The van der Waals surface area contributed by atoms with E-state index in [0.717, 1.165) is 5.56 Å². The summed E-state index contributed by atoms with van der Waals surface area (Å²) in [6.07, 6.45) is 0. The van der Waals surface area contributed by atoms with Crippen LogP contribution in [0.1, 0.15) is 27.0 Å². The zero-order chi connectivity index (χ0) is 24.9. The Balaban J connectivity index is 1.45. The molecule has 0 aromatic heterocycles. The van der Waals surface area contributed by atoms with Gasteiger partial charge in [0, 0.05) is 31.4 Å². The summed E-state index contributed by atoms with van der Waals surface area (Å²) in [6, 6.07) is 7.23. The highest BCUT2D eigenvalue weighted by Crippen LogP contribution is 2.32. The molecule has 35 heavy (non-hydrogen) atoms. The quantitative estimate of drug-likeness (QED) is 0.456. The molecule has 3 aliphatic rings. The lowest BCUT2D eigenvalue weighted by Crippen LogP contribution is -2.54. The molecule has 1 saturated heterocycles. The second kappa shape index (κ2) is 8.02. The molecule has 1 atom stereocenters. The second-order valence-corrected chi connectivity index (χ2v) is 8.50. The van der Waals surface area contributed by atoms with Crippen LogP contribution < -0.4 is 20.7 Å². The maximum Gasteiger partial charge on any atom is 0.323 e. The molecule has 5 rings (SSSR count). The van der Waals surface area contributed by atoms with Gasteiger partial charge in [0.1, 0.15) is 0 Å². The highest BCUT2D eigenvalue weighted by Gasteiger charge is 2.48. The minimum Gasteiger partial charge on any atom is -0.494 e. The summed E-state index contributed by atoms with van der Waals surface area (Å²) < 4.78 is 19.7. The van der Waals surface area contributed by atoms with Crippen LogP contribution >= 0.6 is 0 Å². The predicted octanol–water partition coefficient (Wildman–Crippen LogP) is 1.40. The van der Waals surface area contributed by atoms with Gasteiger partial charge in [0.25, 0.3) is 11.8 Å². The molecule has 6 amide bonds. The Bertz CT molecular complexity index is 1380. The van der Waals surface area contributed by atoms with Crippen LogP contribution in [0, 0.1) is 17.7 Å². The Labute approximate surface area is 199 Å². The normalized spacial score (nSPS) is 20.4. The fourth-order valence-corrected chi connectivity index (χ4v) is 4.34. The Kier molecular flexibility index (Phi) is 5.09. The number of hydrogen-bond acceptors (Lipinski definition) is 5. The molecule has 11 heteroatoms. The molecular weight excluding hydrogens is 457 g/mol. The monoisotopic (exact) mass is 477 g/mol. The van der Waals surface area contributed by atoms with Gasteiger partial charge in [-0.05, 0) is 35.4 Å². The molecule has 2 aromatic rings. The van der Waals surface area contributed by atoms with Crippen molar-refractivity contribution in [2.24, 2.45) is 0 Å². The largest absolute Gasteiger partial charge is 0.494 e. The first-order chi connectivity index (χ1) is 16.7. The first-order valence-corrected chi connectivity index (χ1v) is 10.7. The molecule has 0 unspecified atom stereocenters. The fraction of sp³-hybridized carbons (Fsp3) is 0.250. The van der Waals surface area contributed by atoms with Gasteiger partial charge in [-0.2, -0.15) is 0 Å². The number of imide groups is 1. The summed E-state index contributed by atoms with van der Waals surface area (Å²) in [5.41, 5.74) is 0.644. The van der Waals surface area contributed by atoms with Gasteiger partial charge in [-0.3, -0.25) is 14.9 Å². The van der Waals surface area contributed by atoms with Gasteiger partial charge in [0.2, 0.25) is 5.54 Å². The first-order valence-electron chi connectivity index (χ1n) is 10.7. The molecule has 0 spiro atoms. The molecule has 2 aromatic carbocycles. The van der Waals surface area contributed by atoms with E-state index in [-0.39, 0.29) is 30.4 Å². The number of carbonyl (C=O) groups excluding carboxylic acids is 4. The van der Waals surface area contributed by atoms with Crippen molar-refractivity contribution in [1.29, 1.82) is 0 Å². The smallest absolute Gasteiger partial charge is 0.323 e. The number of ether oxygens (including phenoxy) is 1. The third-order valence-corrected chi connectivity index (χ3v) is 6.17. The average Bonchev–Trinajstić information content (AvgIpc) is 3.28. The lowest BCUT2D eigenvalue weighted by Gasteiger charge is -2.26. The number of halogens is 1. The number of anilines is 1. The van der Waals surface area contributed by atoms with Crippen LogP contribution in [0.15, 0.2) is 30.3 Å². The number of methoxy groups -OCH3 is 1. The van der Waals surface area contributed by atoms with Crippen LogP contribution in [0.25, 0.3) is 0 Å². The standard InChI is InChI=1S/C24H20FN5O5/c1-29-10-15-9-13(3-5-16(15)26-23(29)34)7-8-24(21(32)27-22(33)28-24)12-30-11-14-4-6-17(35-2)19(25)18(14)20(30)31/h3-6,9H,10-12H2,1-2H3,(H,26,34)(H2,27,28,32,33)/t24-/m1/s1. The van der Waals surface area contributed by atoms with Crippen molar-refractivity contribution < 1.29 is 28.3 Å². The van der Waals surface area contributed by atoms with Crippen LogP contribution in [0.2, 0.25) is 0 Å². The fourth-order valence-electron chi connectivity index (χ4n) is 4.34. The Morgan fingerprint density at radius 3 is 2.60 bits per heavy atom. The van der Waals surface area contributed by atoms with Crippen LogP contribution in [0.4, 0.5) is 19.7 Å². The molecule has 178 valence electrons. The molecule has 0 bridgehead atoms. The minimum absolute atomic E-state index is 0.0482. The maximum atomic E-state index is 14.7. The molecule has 0 radical (unpaired) electrons. The predicted molar refractivity (Wildman–Crippen MR) is 121 cm³/mol. The van der Waals surface area contributed by atoms with E-state index < -0.39 is 29.2 Å². The lowest BCUT2D eigenvalue weighted by molar-refractivity contribution is -0.122. The summed E-state index contributed by atoms with van der Waals surface area (Å²) in [6.45, 7) is 0.151. The van der Waals surface area contributed by atoms with Crippen LogP contribution in [0.3, 0.4) is 0 Å². The van der Waals surface area contributed by atoms with E-state index in [1.54, 1.807) is 31.3 Å². The average molecular weight is 477 g/mol. The summed E-state index contributed by atoms with van der Waals surface area (Å²) in [5.74, 6) is 3.56. The van der Waals surface area contributed by atoms with Crippen LogP contribution in [0.5, 0.6) is 5.75 Å². The van der Waals surface area contributed by atoms with E-state index in [0.29, 0.717) is 23.4 Å². The number of benzene rings is 2. The van der Waals surface area contributed by atoms with Gasteiger partial charge < -0.3 is 25.2 Å². The van der Waals surface area contributed by atoms with Crippen molar-refractivity contribution in [3.05, 3.63) is 58.4 Å². The number of amides is 6. The minimum atomic E-state index is -1.73. The van der Waals surface area contributed by atoms with Crippen LogP contribution in [-0.4, -0.2) is 59.9 Å². The molecule has 3 N–H and O–H groups in total. The summed E-state index contributed by atoms with van der Waals surface area (Å²) in [5, 5.41) is 7.45. The van der Waals surface area contributed by atoms with Gasteiger partial charge in [-0.1, -0.05) is 17.9 Å². The number of carbonyl (C=O) groups is 4. The molecular formula is C24H20FN5O5. The zero-order valence-corrected chi connectivity index (χ0v) is 18.8. The molecule has 3 aliphatic heterocycles. The summed E-state index contributed by atoms with van der Waals surface area (Å²) >= 11 is 0. The number of urea groups is 2. The topological polar surface area (TPSA) is 120 Å². The first kappa shape index (κ1) is 22.2. The van der Waals surface area contributed by atoms with Crippen molar-refractivity contribution in [2.75, 3.05) is 26.0 Å². The van der Waals surface area contributed by atoms with Gasteiger partial charge in [-0.15, -0.1) is 0 Å². The van der Waals surface area contributed by atoms with Gasteiger partial charge in [-0.25, -0.2) is 14.0 Å². The van der Waals surface area contributed by atoms with Gasteiger partial charge in [0.05, 0.1) is 19.2 Å².